The number of amides is 1. The lowest BCUT2D eigenvalue weighted by molar-refractivity contribution is -0.113. The third kappa shape index (κ3) is 3.29. The van der Waals surface area contributed by atoms with Crippen LogP contribution in [0, 0.1) is 11.3 Å². The molecule has 0 saturated heterocycles. The molecule has 0 aliphatic carbocycles. The van der Waals surface area contributed by atoms with Crippen molar-refractivity contribution < 1.29 is 14.7 Å². The van der Waals surface area contributed by atoms with E-state index in [-0.39, 0.29) is 11.5 Å². The summed E-state index contributed by atoms with van der Waals surface area (Å²) in [5, 5.41) is 28.9. The Labute approximate surface area is 172 Å². The number of carbonyl (C=O) groups excluding carboxylic acids is 1. The van der Waals surface area contributed by atoms with Crippen LogP contribution < -0.4 is 10.6 Å². The molecular weight excluding hydrogens is 382 g/mol. The van der Waals surface area contributed by atoms with Crippen LogP contribution in [-0.2, 0) is 4.79 Å². The Morgan fingerprint density at radius 3 is 2.50 bits per heavy atom. The van der Waals surface area contributed by atoms with Gasteiger partial charge in [-0.1, -0.05) is 30.3 Å². The number of carboxylic acid groups (broad SMARTS) is 1. The summed E-state index contributed by atoms with van der Waals surface area (Å²) in [6.45, 7) is 1.76. The molecule has 2 heterocycles. The Morgan fingerprint density at radius 1 is 1.17 bits per heavy atom. The Kier molecular flexibility index (Phi) is 4.78. The van der Waals surface area contributed by atoms with Crippen molar-refractivity contribution in [1.29, 1.82) is 5.26 Å². The fraction of sp³-hybridized carbons (Fsp3) is 0.0909. The summed E-state index contributed by atoms with van der Waals surface area (Å²) < 4.78 is 1.57. The highest BCUT2D eigenvalue weighted by Crippen LogP contribution is 2.37. The number of carbonyl (C=O) groups is 2. The number of carboxylic acids is 1. The number of rotatable bonds is 4. The molecule has 3 aromatic rings. The molecule has 1 aromatic heterocycles. The van der Waals surface area contributed by atoms with Crippen molar-refractivity contribution in [3.05, 3.63) is 88.8 Å². The molecule has 1 unspecified atom stereocenters. The topological polar surface area (TPSA) is 120 Å². The number of para-hydroxylation sites is 1. The first kappa shape index (κ1) is 19.0. The van der Waals surface area contributed by atoms with E-state index in [2.05, 4.69) is 21.8 Å². The Hall–Kier alpha value is -4.38. The first-order valence-corrected chi connectivity index (χ1v) is 9.14. The predicted molar refractivity (Wildman–Crippen MR) is 110 cm³/mol. The fourth-order valence-corrected chi connectivity index (χ4v) is 3.47. The van der Waals surface area contributed by atoms with E-state index in [1.54, 1.807) is 35.9 Å². The van der Waals surface area contributed by atoms with Gasteiger partial charge < -0.3 is 15.7 Å². The van der Waals surface area contributed by atoms with Gasteiger partial charge in [0.2, 0.25) is 0 Å². The third-order valence-corrected chi connectivity index (χ3v) is 4.89. The zero-order valence-corrected chi connectivity index (χ0v) is 16.0. The molecule has 1 aliphatic heterocycles. The van der Waals surface area contributed by atoms with Crippen LogP contribution in [0.4, 0.5) is 11.5 Å². The SMILES string of the molecule is CC1=C(C(=O)Nc2ccccc2)C(c2ccc(C(=O)O)cc2)n2ncc(C#N)c2N1. The molecule has 0 fully saturated rings. The van der Waals surface area contributed by atoms with Crippen molar-refractivity contribution in [2.75, 3.05) is 10.6 Å². The highest BCUT2D eigenvalue weighted by Gasteiger charge is 2.34. The molecular formula is C22H17N5O3. The maximum absolute atomic E-state index is 13.2. The third-order valence-electron chi connectivity index (χ3n) is 4.89. The minimum absolute atomic E-state index is 0.141. The van der Waals surface area contributed by atoms with Crippen molar-refractivity contribution >= 4 is 23.4 Å². The quantitative estimate of drug-likeness (QED) is 0.619. The first-order valence-electron chi connectivity index (χ1n) is 9.14. The molecule has 0 bridgehead atoms. The standard InChI is InChI=1S/C22H17N5O3/c1-13-18(21(28)26-17-5-3-2-4-6-17)19(14-7-9-15(10-8-14)22(29)30)27-20(25-13)16(11-23)12-24-27/h2-10,12,19,25H,1H3,(H,26,28)(H,29,30). The van der Waals surface area contributed by atoms with E-state index in [1.807, 2.05) is 18.2 Å². The van der Waals surface area contributed by atoms with Crippen LogP contribution in [0.25, 0.3) is 0 Å². The summed E-state index contributed by atoms with van der Waals surface area (Å²) in [5.74, 6) is -0.871. The van der Waals surface area contributed by atoms with Gasteiger partial charge in [-0.2, -0.15) is 10.4 Å². The number of nitriles is 1. The van der Waals surface area contributed by atoms with Crippen LogP contribution in [0.5, 0.6) is 0 Å². The molecule has 2 aromatic carbocycles. The van der Waals surface area contributed by atoms with Gasteiger partial charge >= 0.3 is 5.97 Å². The molecule has 3 N–H and O–H groups in total. The highest BCUT2D eigenvalue weighted by molar-refractivity contribution is 6.06. The fourth-order valence-electron chi connectivity index (χ4n) is 3.47. The van der Waals surface area contributed by atoms with Gasteiger partial charge in [0, 0.05) is 11.4 Å². The number of hydrogen-bond donors (Lipinski definition) is 3. The zero-order chi connectivity index (χ0) is 21.3. The Morgan fingerprint density at radius 2 is 1.87 bits per heavy atom. The maximum atomic E-state index is 13.2. The average Bonchev–Trinajstić information content (AvgIpc) is 3.16. The summed E-state index contributed by atoms with van der Waals surface area (Å²) in [6.07, 6.45) is 1.44. The second-order valence-corrected chi connectivity index (χ2v) is 6.78. The van der Waals surface area contributed by atoms with Crippen LogP contribution in [0.1, 0.15) is 34.5 Å². The lowest BCUT2D eigenvalue weighted by Crippen LogP contribution is -2.31. The molecule has 1 atom stereocenters. The number of hydrogen-bond acceptors (Lipinski definition) is 5. The van der Waals surface area contributed by atoms with Crippen molar-refractivity contribution in [2.45, 2.75) is 13.0 Å². The van der Waals surface area contributed by atoms with Crippen molar-refractivity contribution in [2.24, 2.45) is 0 Å². The van der Waals surface area contributed by atoms with Crippen LogP contribution in [-0.4, -0.2) is 26.8 Å². The summed E-state index contributed by atoms with van der Waals surface area (Å²) >= 11 is 0. The van der Waals surface area contributed by atoms with Gasteiger partial charge in [-0.15, -0.1) is 0 Å². The second kappa shape index (κ2) is 7.56. The van der Waals surface area contributed by atoms with E-state index < -0.39 is 12.0 Å². The number of aromatic carboxylic acids is 1. The average molecular weight is 399 g/mol. The van der Waals surface area contributed by atoms with Gasteiger partial charge in [0.25, 0.3) is 5.91 Å². The molecule has 8 heteroatoms. The lowest BCUT2D eigenvalue weighted by Gasteiger charge is -2.30. The number of anilines is 2. The normalized spacial score (nSPS) is 15.0. The van der Waals surface area contributed by atoms with E-state index in [0.717, 1.165) is 0 Å². The van der Waals surface area contributed by atoms with Gasteiger partial charge in [0.05, 0.1) is 17.3 Å². The molecule has 1 amide bonds. The molecule has 0 spiro atoms. The van der Waals surface area contributed by atoms with Gasteiger partial charge in [-0.05, 0) is 36.8 Å². The first-order chi connectivity index (χ1) is 14.5. The molecule has 8 nitrogen and oxygen atoms in total. The highest BCUT2D eigenvalue weighted by atomic mass is 16.4. The zero-order valence-electron chi connectivity index (χ0n) is 16.0. The van der Waals surface area contributed by atoms with Crippen molar-refractivity contribution in [3.8, 4) is 6.07 Å². The Bertz CT molecular complexity index is 1200. The summed E-state index contributed by atoms with van der Waals surface area (Å²) in [6, 6.07) is 16.8. The van der Waals surface area contributed by atoms with E-state index in [9.17, 15) is 20.0 Å². The molecule has 1 aliphatic rings. The number of nitrogens with zero attached hydrogens (tertiary/aromatic N) is 3. The van der Waals surface area contributed by atoms with Crippen LogP contribution in [0.2, 0.25) is 0 Å². The minimum Gasteiger partial charge on any atom is -0.478 e. The van der Waals surface area contributed by atoms with Gasteiger partial charge in [0.1, 0.15) is 23.5 Å². The number of benzene rings is 2. The molecule has 0 saturated carbocycles. The largest absolute Gasteiger partial charge is 0.478 e. The van der Waals surface area contributed by atoms with Crippen LogP contribution in [0.3, 0.4) is 0 Å². The van der Waals surface area contributed by atoms with E-state index in [1.165, 1.54) is 18.3 Å². The van der Waals surface area contributed by atoms with E-state index >= 15 is 0 Å². The lowest BCUT2D eigenvalue weighted by atomic mass is 9.94. The Balaban J connectivity index is 1.81. The minimum atomic E-state index is -1.04. The monoisotopic (exact) mass is 399 g/mol. The summed E-state index contributed by atoms with van der Waals surface area (Å²) in [7, 11) is 0. The van der Waals surface area contributed by atoms with Crippen molar-refractivity contribution in [1.82, 2.24) is 9.78 Å². The number of nitrogens with one attached hydrogen (secondary N) is 2. The van der Waals surface area contributed by atoms with Crippen LogP contribution in [0.15, 0.2) is 72.1 Å². The summed E-state index contributed by atoms with van der Waals surface area (Å²) in [5.41, 5.74) is 2.81. The number of aromatic nitrogens is 2. The van der Waals surface area contributed by atoms with Crippen molar-refractivity contribution in [3.63, 3.8) is 0 Å². The predicted octanol–water partition coefficient (Wildman–Crippen LogP) is 3.38. The molecule has 148 valence electrons. The molecule has 0 radical (unpaired) electrons. The molecule has 30 heavy (non-hydrogen) atoms. The van der Waals surface area contributed by atoms with Gasteiger partial charge in [-0.25, -0.2) is 9.48 Å². The van der Waals surface area contributed by atoms with E-state index in [4.69, 9.17) is 0 Å². The number of fused-ring (bicyclic) bond motifs is 1. The smallest absolute Gasteiger partial charge is 0.335 e. The van der Waals surface area contributed by atoms with Gasteiger partial charge in [-0.3, -0.25) is 4.79 Å². The van der Waals surface area contributed by atoms with E-state index in [0.29, 0.717) is 33.9 Å². The maximum Gasteiger partial charge on any atom is 0.335 e. The van der Waals surface area contributed by atoms with Crippen LogP contribution >= 0.6 is 0 Å². The summed E-state index contributed by atoms with van der Waals surface area (Å²) in [4.78, 5) is 24.4. The second-order valence-electron chi connectivity index (χ2n) is 6.78. The molecule has 4 rings (SSSR count). The number of allylic oxidation sites excluding steroid dienone is 1. The van der Waals surface area contributed by atoms with Gasteiger partial charge in [0.15, 0.2) is 0 Å².